The van der Waals surface area contributed by atoms with Crippen LogP contribution in [0.15, 0.2) is 18.2 Å². The molecule has 1 unspecified atom stereocenters. The molecular weight excluding hydrogens is 266 g/mol. The lowest BCUT2D eigenvalue weighted by molar-refractivity contribution is -0.138. The van der Waals surface area contributed by atoms with Gasteiger partial charge in [0.15, 0.2) is 0 Å². The standard InChI is InChI=1S/C17H21NO3/c1-13-5-3-9-18(17(13)20)12-15-11-14(6-4-10-19)7-8-16(15)21-2/h7-8,11,13,19H,3,5,9-10,12H2,1-2H3. The first-order valence-corrected chi connectivity index (χ1v) is 7.21. The molecule has 21 heavy (non-hydrogen) atoms. The van der Waals surface area contributed by atoms with Gasteiger partial charge < -0.3 is 14.7 Å². The van der Waals surface area contributed by atoms with Gasteiger partial charge in [0.25, 0.3) is 0 Å². The first kappa shape index (κ1) is 15.4. The van der Waals surface area contributed by atoms with Gasteiger partial charge in [0.1, 0.15) is 12.4 Å². The molecule has 4 heteroatoms. The number of piperidine rings is 1. The van der Waals surface area contributed by atoms with Crippen LogP contribution in [0.1, 0.15) is 30.9 Å². The van der Waals surface area contributed by atoms with E-state index in [0.717, 1.165) is 36.3 Å². The van der Waals surface area contributed by atoms with E-state index in [4.69, 9.17) is 9.84 Å². The van der Waals surface area contributed by atoms with Crippen molar-refractivity contribution >= 4 is 5.91 Å². The molecule has 4 nitrogen and oxygen atoms in total. The molecule has 2 rings (SSSR count). The molecule has 1 saturated heterocycles. The molecule has 0 spiro atoms. The molecule has 1 aliphatic rings. The monoisotopic (exact) mass is 287 g/mol. The van der Waals surface area contributed by atoms with E-state index in [2.05, 4.69) is 11.8 Å². The Morgan fingerprint density at radius 3 is 3.00 bits per heavy atom. The van der Waals surface area contributed by atoms with Crippen LogP contribution in [-0.2, 0) is 11.3 Å². The summed E-state index contributed by atoms with van der Waals surface area (Å²) in [5.74, 6) is 6.58. The number of hydrogen-bond acceptors (Lipinski definition) is 3. The second-order valence-corrected chi connectivity index (χ2v) is 5.29. The Labute approximate surface area is 125 Å². The number of carbonyl (C=O) groups is 1. The number of amides is 1. The summed E-state index contributed by atoms with van der Waals surface area (Å²) in [6, 6.07) is 5.63. The van der Waals surface area contributed by atoms with Crippen molar-refractivity contribution in [2.24, 2.45) is 5.92 Å². The largest absolute Gasteiger partial charge is 0.496 e. The summed E-state index contributed by atoms with van der Waals surface area (Å²) in [5, 5.41) is 8.77. The Kier molecular flexibility index (Phi) is 5.24. The van der Waals surface area contributed by atoms with Crippen molar-refractivity contribution in [1.29, 1.82) is 0 Å². The van der Waals surface area contributed by atoms with Crippen LogP contribution in [0.5, 0.6) is 5.75 Å². The summed E-state index contributed by atoms with van der Waals surface area (Å²) in [6.07, 6.45) is 2.01. The average molecular weight is 287 g/mol. The number of carbonyl (C=O) groups excluding carboxylic acids is 1. The predicted molar refractivity (Wildman–Crippen MR) is 80.8 cm³/mol. The number of benzene rings is 1. The number of aliphatic hydroxyl groups is 1. The predicted octanol–water partition coefficient (Wildman–Crippen LogP) is 1.80. The van der Waals surface area contributed by atoms with Gasteiger partial charge in [-0.3, -0.25) is 4.79 Å². The lowest BCUT2D eigenvalue weighted by atomic mass is 9.98. The summed E-state index contributed by atoms with van der Waals surface area (Å²) in [6.45, 7) is 3.15. The van der Waals surface area contributed by atoms with Crippen LogP contribution in [0.25, 0.3) is 0 Å². The minimum absolute atomic E-state index is 0.0992. The molecule has 0 bridgehead atoms. The maximum absolute atomic E-state index is 12.2. The van der Waals surface area contributed by atoms with Crippen molar-refractivity contribution in [1.82, 2.24) is 4.90 Å². The van der Waals surface area contributed by atoms with E-state index in [-0.39, 0.29) is 18.4 Å². The Balaban J connectivity index is 2.22. The number of nitrogens with zero attached hydrogens (tertiary/aromatic N) is 1. The molecular formula is C17H21NO3. The summed E-state index contributed by atoms with van der Waals surface area (Å²) >= 11 is 0. The highest BCUT2D eigenvalue weighted by atomic mass is 16.5. The molecule has 1 fully saturated rings. The molecule has 112 valence electrons. The van der Waals surface area contributed by atoms with Gasteiger partial charge in [-0.1, -0.05) is 18.8 Å². The Hall–Kier alpha value is -1.99. The summed E-state index contributed by atoms with van der Waals surface area (Å²) < 4.78 is 5.37. The van der Waals surface area contributed by atoms with Crippen LogP contribution in [0, 0.1) is 17.8 Å². The number of likely N-dealkylation sites (tertiary alicyclic amines) is 1. The van der Waals surface area contributed by atoms with E-state index in [0.29, 0.717) is 6.54 Å². The van der Waals surface area contributed by atoms with Crippen LogP contribution >= 0.6 is 0 Å². The van der Waals surface area contributed by atoms with Crippen LogP contribution in [0.3, 0.4) is 0 Å². The van der Waals surface area contributed by atoms with Crippen molar-refractivity contribution in [2.45, 2.75) is 26.3 Å². The van der Waals surface area contributed by atoms with Crippen molar-refractivity contribution < 1.29 is 14.6 Å². The average Bonchev–Trinajstić information content (AvgIpc) is 2.50. The molecule has 1 aromatic rings. The highest BCUT2D eigenvalue weighted by Crippen LogP contribution is 2.25. The second-order valence-electron chi connectivity index (χ2n) is 5.29. The molecule has 1 amide bonds. The van der Waals surface area contributed by atoms with E-state index in [1.165, 1.54) is 0 Å². The van der Waals surface area contributed by atoms with Gasteiger partial charge in [-0.25, -0.2) is 0 Å². The van der Waals surface area contributed by atoms with E-state index in [9.17, 15) is 4.79 Å². The third-order valence-electron chi connectivity index (χ3n) is 3.75. The van der Waals surface area contributed by atoms with E-state index in [1.807, 2.05) is 30.0 Å². The number of methoxy groups -OCH3 is 1. The van der Waals surface area contributed by atoms with Gasteiger partial charge in [0, 0.05) is 30.1 Å². The molecule has 0 saturated carbocycles. The zero-order chi connectivity index (χ0) is 15.2. The maximum atomic E-state index is 12.2. The van der Waals surface area contributed by atoms with Gasteiger partial charge in [-0.2, -0.15) is 0 Å². The van der Waals surface area contributed by atoms with Crippen molar-refractivity contribution in [2.75, 3.05) is 20.3 Å². The molecule has 0 aromatic heterocycles. The van der Waals surface area contributed by atoms with Crippen molar-refractivity contribution in [3.05, 3.63) is 29.3 Å². The van der Waals surface area contributed by atoms with Crippen molar-refractivity contribution in [3.8, 4) is 17.6 Å². The highest BCUT2D eigenvalue weighted by molar-refractivity contribution is 5.79. The molecule has 0 aliphatic carbocycles. The topological polar surface area (TPSA) is 49.8 Å². The van der Waals surface area contributed by atoms with Gasteiger partial charge in [0.05, 0.1) is 7.11 Å². The molecule has 1 N–H and O–H groups in total. The smallest absolute Gasteiger partial charge is 0.225 e. The Morgan fingerprint density at radius 2 is 2.29 bits per heavy atom. The highest BCUT2D eigenvalue weighted by Gasteiger charge is 2.25. The summed E-state index contributed by atoms with van der Waals surface area (Å²) in [5.41, 5.74) is 1.77. The Morgan fingerprint density at radius 1 is 1.48 bits per heavy atom. The third kappa shape index (κ3) is 3.77. The van der Waals surface area contributed by atoms with Gasteiger partial charge >= 0.3 is 0 Å². The second kappa shape index (κ2) is 7.14. The number of aliphatic hydroxyl groups excluding tert-OH is 1. The van der Waals surface area contributed by atoms with E-state index < -0.39 is 0 Å². The fraction of sp³-hybridized carbons (Fsp3) is 0.471. The SMILES string of the molecule is COc1ccc(C#CCO)cc1CN1CCCC(C)C1=O. The first-order valence-electron chi connectivity index (χ1n) is 7.21. The minimum atomic E-state index is -0.163. The lowest BCUT2D eigenvalue weighted by Gasteiger charge is -2.31. The van der Waals surface area contributed by atoms with Crippen LogP contribution in [-0.4, -0.2) is 36.2 Å². The first-order chi connectivity index (χ1) is 10.2. The summed E-state index contributed by atoms with van der Waals surface area (Å²) in [4.78, 5) is 14.1. The molecule has 0 radical (unpaired) electrons. The normalized spacial score (nSPS) is 18.1. The zero-order valence-electron chi connectivity index (χ0n) is 12.6. The third-order valence-corrected chi connectivity index (χ3v) is 3.75. The quantitative estimate of drug-likeness (QED) is 0.862. The number of hydrogen-bond donors (Lipinski definition) is 1. The maximum Gasteiger partial charge on any atom is 0.225 e. The fourth-order valence-electron chi connectivity index (χ4n) is 2.62. The molecule has 1 aliphatic heterocycles. The van der Waals surface area contributed by atoms with E-state index in [1.54, 1.807) is 7.11 Å². The van der Waals surface area contributed by atoms with Gasteiger partial charge in [0.2, 0.25) is 5.91 Å². The number of rotatable bonds is 3. The Bertz CT molecular complexity index is 571. The van der Waals surface area contributed by atoms with Crippen LogP contribution < -0.4 is 4.74 Å². The van der Waals surface area contributed by atoms with Crippen LogP contribution in [0.2, 0.25) is 0 Å². The fourth-order valence-corrected chi connectivity index (χ4v) is 2.62. The van der Waals surface area contributed by atoms with Gasteiger partial charge in [-0.15, -0.1) is 0 Å². The van der Waals surface area contributed by atoms with Gasteiger partial charge in [-0.05, 0) is 31.0 Å². The molecule has 1 aromatic carbocycles. The van der Waals surface area contributed by atoms with E-state index >= 15 is 0 Å². The van der Waals surface area contributed by atoms with Crippen LogP contribution in [0.4, 0.5) is 0 Å². The number of ether oxygens (including phenoxy) is 1. The minimum Gasteiger partial charge on any atom is -0.496 e. The summed E-state index contributed by atoms with van der Waals surface area (Å²) in [7, 11) is 1.62. The van der Waals surface area contributed by atoms with Crippen molar-refractivity contribution in [3.63, 3.8) is 0 Å². The zero-order valence-corrected chi connectivity index (χ0v) is 12.6. The molecule has 1 atom stereocenters. The molecule has 1 heterocycles. The lowest BCUT2D eigenvalue weighted by Crippen LogP contribution is -2.39.